The number of aromatic hydroxyl groups is 1. The van der Waals surface area contributed by atoms with Crippen molar-refractivity contribution < 1.29 is 5.11 Å². The van der Waals surface area contributed by atoms with Crippen molar-refractivity contribution >= 4 is 0 Å². The summed E-state index contributed by atoms with van der Waals surface area (Å²) in [5, 5.41) is 12.9. The Hall–Kier alpha value is -1.02. The molecule has 1 unspecified atom stereocenters. The van der Waals surface area contributed by atoms with Gasteiger partial charge in [-0.25, -0.2) is 0 Å². The first-order valence-corrected chi connectivity index (χ1v) is 4.37. The molecule has 1 heterocycles. The largest absolute Gasteiger partial charge is 0.508 e. The van der Waals surface area contributed by atoms with Gasteiger partial charge in [0, 0.05) is 18.2 Å². The number of nitrogens with one attached hydrogen (secondary N) is 1. The normalized spacial score (nSPS) is 20.9. The van der Waals surface area contributed by atoms with Crippen LogP contribution in [0.5, 0.6) is 5.75 Å². The Bertz CT molecular complexity index is 296. The van der Waals surface area contributed by atoms with E-state index in [1.54, 1.807) is 6.07 Å². The Labute approximate surface area is 72.2 Å². The van der Waals surface area contributed by atoms with Crippen LogP contribution in [0.25, 0.3) is 0 Å². The molecule has 2 nitrogen and oxygen atoms in total. The van der Waals surface area contributed by atoms with E-state index in [1.807, 2.05) is 6.07 Å². The first-order chi connectivity index (χ1) is 5.83. The van der Waals surface area contributed by atoms with Gasteiger partial charge in [0.05, 0.1) is 0 Å². The summed E-state index contributed by atoms with van der Waals surface area (Å²) in [7, 11) is 0. The van der Waals surface area contributed by atoms with Crippen LogP contribution in [0.2, 0.25) is 0 Å². The van der Waals surface area contributed by atoms with Gasteiger partial charge in [-0.15, -0.1) is 0 Å². The zero-order valence-electron chi connectivity index (χ0n) is 7.17. The lowest BCUT2D eigenvalue weighted by atomic mass is 10.0. The third-order valence-corrected chi connectivity index (χ3v) is 2.50. The highest BCUT2D eigenvalue weighted by Gasteiger charge is 2.21. The molecule has 0 saturated heterocycles. The number of benzene rings is 1. The van der Waals surface area contributed by atoms with Crippen molar-refractivity contribution in [3.05, 3.63) is 29.3 Å². The zero-order chi connectivity index (χ0) is 8.55. The highest BCUT2D eigenvalue weighted by Crippen LogP contribution is 2.32. The third kappa shape index (κ3) is 0.994. The van der Waals surface area contributed by atoms with Gasteiger partial charge in [0.1, 0.15) is 5.75 Å². The van der Waals surface area contributed by atoms with E-state index in [0.717, 1.165) is 18.5 Å². The van der Waals surface area contributed by atoms with Crippen LogP contribution >= 0.6 is 0 Å². The fraction of sp³-hybridized carbons (Fsp3) is 0.400. The molecule has 2 rings (SSSR count). The van der Waals surface area contributed by atoms with Gasteiger partial charge in [-0.2, -0.15) is 0 Å². The van der Waals surface area contributed by atoms with Gasteiger partial charge in [-0.05, 0) is 18.1 Å². The first kappa shape index (κ1) is 7.62. The SMILES string of the molecule is CCC1NCc2c(O)cccc21. The molecule has 0 aromatic heterocycles. The van der Waals surface area contributed by atoms with Crippen molar-refractivity contribution in [2.24, 2.45) is 0 Å². The van der Waals surface area contributed by atoms with Crippen LogP contribution in [0, 0.1) is 0 Å². The van der Waals surface area contributed by atoms with E-state index in [2.05, 4.69) is 18.3 Å². The van der Waals surface area contributed by atoms with Gasteiger partial charge >= 0.3 is 0 Å². The molecule has 1 aromatic rings. The minimum absolute atomic E-state index is 0.427. The lowest BCUT2D eigenvalue weighted by molar-refractivity contribution is 0.468. The molecule has 12 heavy (non-hydrogen) atoms. The van der Waals surface area contributed by atoms with Crippen molar-refractivity contribution in [1.29, 1.82) is 0 Å². The molecule has 2 heteroatoms. The second-order valence-electron chi connectivity index (χ2n) is 3.19. The Morgan fingerprint density at radius 2 is 2.42 bits per heavy atom. The molecule has 0 saturated carbocycles. The average molecular weight is 163 g/mol. The van der Waals surface area contributed by atoms with E-state index in [-0.39, 0.29) is 0 Å². The van der Waals surface area contributed by atoms with Crippen molar-refractivity contribution in [3.8, 4) is 5.75 Å². The van der Waals surface area contributed by atoms with Crippen LogP contribution in [0.3, 0.4) is 0 Å². The predicted octanol–water partition coefficient (Wildman–Crippen LogP) is 1.95. The smallest absolute Gasteiger partial charge is 0.120 e. The fourth-order valence-electron chi connectivity index (χ4n) is 1.81. The van der Waals surface area contributed by atoms with Crippen LogP contribution in [-0.2, 0) is 6.54 Å². The fourth-order valence-corrected chi connectivity index (χ4v) is 1.81. The van der Waals surface area contributed by atoms with E-state index >= 15 is 0 Å². The molecule has 0 radical (unpaired) electrons. The van der Waals surface area contributed by atoms with Crippen molar-refractivity contribution in [3.63, 3.8) is 0 Å². The van der Waals surface area contributed by atoms with Crippen LogP contribution in [0.4, 0.5) is 0 Å². The minimum atomic E-state index is 0.427. The topological polar surface area (TPSA) is 32.3 Å². The van der Waals surface area contributed by atoms with Crippen LogP contribution < -0.4 is 5.32 Å². The highest BCUT2D eigenvalue weighted by molar-refractivity contribution is 5.43. The molecule has 1 aromatic carbocycles. The molecule has 0 spiro atoms. The van der Waals surface area contributed by atoms with Gasteiger partial charge in [-0.3, -0.25) is 0 Å². The van der Waals surface area contributed by atoms with Crippen LogP contribution in [-0.4, -0.2) is 5.11 Å². The Balaban J connectivity index is 2.46. The number of phenolic OH excluding ortho intramolecular Hbond substituents is 1. The number of hydrogen-bond acceptors (Lipinski definition) is 2. The Morgan fingerprint density at radius 3 is 3.17 bits per heavy atom. The molecule has 0 bridgehead atoms. The predicted molar refractivity (Wildman–Crippen MR) is 48.0 cm³/mol. The monoisotopic (exact) mass is 163 g/mol. The third-order valence-electron chi connectivity index (χ3n) is 2.50. The molecule has 2 N–H and O–H groups in total. The lowest BCUT2D eigenvalue weighted by Crippen LogP contribution is -2.10. The summed E-state index contributed by atoms with van der Waals surface area (Å²) in [4.78, 5) is 0. The molecule has 64 valence electrons. The molecule has 0 aliphatic carbocycles. The lowest BCUT2D eigenvalue weighted by Gasteiger charge is -2.07. The van der Waals surface area contributed by atoms with Crippen molar-refractivity contribution in [2.45, 2.75) is 25.9 Å². The van der Waals surface area contributed by atoms with E-state index < -0.39 is 0 Å². The number of hydrogen-bond donors (Lipinski definition) is 2. The standard InChI is InChI=1S/C10H13NO/c1-2-9-7-4-3-5-10(12)8(7)6-11-9/h3-5,9,11-12H,2,6H2,1H3. The maximum atomic E-state index is 9.50. The summed E-state index contributed by atoms with van der Waals surface area (Å²) in [6.07, 6.45) is 1.08. The summed E-state index contributed by atoms with van der Waals surface area (Å²) in [6.45, 7) is 2.96. The van der Waals surface area contributed by atoms with Crippen molar-refractivity contribution in [2.75, 3.05) is 0 Å². The Kier molecular flexibility index (Phi) is 1.77. The first-order valence-electron chi connectivity index (χ1n) is 4.37. The summed E-state index contributed by atoms with van der Waals surface area (Å²) < 4.78 is 0. The van der Waals surface area contributed by atoms with Crippen LogP contribution in [0.1, 0.15) is 30.5 Å². The summed E-state index contributed by atoms with van der Waals surface area (Å²) >= 11 is 0. The van der Waals surface area contributed by atoms with Gasteiger partial charge in [0.15, 0.2) is 0 Å². The molecule has 0 fully saturated rings. The Morgan fingerprint density at radius 1 is 1.58 bits per heavy atom. The van der Waals surface area contributed by atoms with Gasteiger partial charge in [0.25, 0.3) is 0 Å². The summed E-state index contributed by atoms with van der Waals surface area (Å²) in [5.41, 5.74) is 2.34. The molecule has 1 aliphatic heterocycles. The molecule has 1 aliphatic rings. The van der Waals surface area contributed by atoms with E-state index in [0.29, 0.717) is 11.8 Å². The number of phenols is 1. The number of fused-ring (bicyclic) bond motifs is 1. The van der Waals surface area contributed by atoms with E-state index in [9.17, 15) is 5.11 Å². The maximum absolute atomic E-state index is 9.50. The van der Waals surface area contributed by atoms with Crippen molar-refractivity contribution in [1.82, 2.24) is 5.32 Å². The zero-order valence-corrected chi connectivity index (χ0v) is 7.17. The van der Waals surface area contributed by atoms with Gasteiger partial charge in [0.2, 0.25) is 0 Å². The quantitative estimate of drug-likeness (QED) is 0.663. The summed E-state index contributed by atoms with van der Waals surface area (Å²) in [6, 6.07) is 6.18. The molecule has 0 amide bonds. The molecular weight excluding hydrogens is 150 g/mol. The van der Waals surface area contributed by atoms with Crippen LogP contribution in [0.15, 0.2) is 18.2 Å². The highest BCUT2D eigenvalue weighted by atomic mass is 16.3. The average Bonchev–Trinajstić information content (AvgIpc) is 2.49. The van der Waals surface area contributed by atoms with E-state index in [1.165, 1.54) is 5.56 Å². The second kappa shape index (κ2) is 2.79. The maximum Gasteiger partial charge on any atom is 0.120 e. The summed E-state index contributed by atoms with van der Waals surface area (Å²) in [5.74, 6) is 0.427. The van der Waals surface area contributed by atoms with E-state index in [4.69, 9.17) is 0 Å². The molecular formula is C10H13NO. The van der Waals surface area contributed by atoms with Gasteiger partial charge < -0.3 is 10.4 Å². The minimum Gasteiger partial charge on any atom is -0.508 e. The molecule has 1 atom stereocenters. The second-order valence-corrected chi connectivity index (χ2v) is 3.19. The van der Waals surface area contributed by atoms with Gasteiger partial charge in [-0.1, -0.05) is 19.1 Å². The number of rotatable bonds is 1.